The van der Waals surface area contributed by atoms with E-state index in [0.717, 1.165) is 54.8 Å². The van der Waals surface area contributed by atoms with Gasteiger partial charge in [-0.15, -0.1) is 0 Å². The summed E-state index contributed by atoms with van der Waals surface area (Å²) in [5.41, 5.74) is 3.39. The van der Waals surface area contributed by atoms with E-state index < -0.39 is 0 Å². The number of benzene rings is 2. The summed E-state index contributed by atoms with van der Waals surface area (Å²) in [6.07, 6.45) is 4.18. The molecule has 0 radical (unpaired) electrons. The SMILES string of the molecule is O=C(COc1cccc(CN2CCC[C@@H](Nc3ccc4[nH]ncc4c3)C2)c1)N1CCOCC1. The maximum Gasteiger partial charge on any atom is 0.260 e. The van der Waals surface area contributed by atoms with E-state index in [1.807, 2.05) is 18.3 Å². The van der Waals surface area contributed by atoms with Crippen LogP contribution in [0.1, 0.15) is 18.4 Å². The van der Waals surface area contributed by atoms with Gasteiger partial charge in [-0.2, -0.15) is 5.10 Å². The first-order valence-corrected chi connectivity index (χ1v) is 11.7. The van der Waals surface area contributed by atoms with Crippen LogP contribution in [0.5, 0.6) is 5.75 Å². The summed E-state index contributed by atoms with van der Waals surface area (Å²) in [4.78, 5) is 16.6. The molecule has 0 spiro atoms. The van der Waals surface area contributed by atoms with Gasteiger partial charge < -0.3 is 19.7 Å². The van der Waals surface area contributed by atoms with Crippen molar-refractivity contribution in [3.05, 3.63) is 54.2 Å². The van der Waals surface area contributed by atoms with Gasteiger partial charge in [0.15, 0.2) is 6.61 Å². The normalized spacial score (nSPS) is 19.5. The lowest BCUT2D eigenvalue weighted by molar-refractivity contribution is -0.137. The first-order valence-electron chi connectivity index (χ1n) is 11.7. The minimum Gasteiger partial charge on any atom is -0.484 e. The van der Waals surface area contributed by atoms with Gasteiger partial charge in [0.2, 0.25) is 0 Å². The number of hydrogen-bond acceptors (Lipinski definition) is 6. The first kappa shape index (κ1) is 21.7. The van der Waals surface area contributed by atoms with Crippen molar-refractivity contribution in [2.75, 3.05) is 51.3 Å². The molecule has 8 heteroatoms. The molecule has 2 aliphatic heterocycles. The molecule has 0 unspecified atom stereocenters. The zero-order valence-electron chi connectivity index (χ0n) is 18.8. The van der Waals surface area contributed by atoms with E-state index in [4.69, 9.17) is 9.47 Å². The summed E-state index contributed by atoms with van der Waals surface area (Å²) < 4.78 is 11.1. The smallest absolute Gasteiger partial charge is 0.260 e. The second-order valence-electron chi connectivity index (χ2n) is 8.82. The highest BCUT2D eigenvalue weighted by atomic mass is 16.5. The molecule has 8 nitrogen and oxygen atoms in total. The van der Waals surface area contributed by atoms with E-state index in [0.29, 0.717) is 32.3 Å². The number of rotatable bonds is 7. The summed E-state index contributed by atoms with van der Waals surface area (Å²) in [6.45, 7) is 5.50. The number of H-pyrrole nitrogens is 1. The number of carbonyl (C=O) groups excluding carboxylic acids is 1. The average Bonchev–Trinajstić information content (AvgIpc) is 3.32. The van der Waals surface area contributed by atoms with Gasteiger partial charge in [0.05, 0.1) is 24.9 Å². The van der Waals surface area contributed by atoms with Gasteiger partial charge in [-0.1, -0.05) is 12.1 Å². The van der Waals surface area contributed by atoms with Crippen molar-refractivity contribution in [2.45, 2.75) is 25.4 Å². The lowest BCUT2D eigenvalue weighted by Crippen LogP contribution is -2.43. The molecule has 0 aliphatic carbocycles. The highest BCUT2D eigenvalue weighted by Crippen LogP contribution is 2.22. The Hall–Kier alpha value is -3.10. The number of hydrogen-bond donors (Lipinski definition) is 2. The van der Waals surface area contributed by atoms with Crippen LogP contribution in [0.3, 0.4) is 0 Å². The molecule has 1 atom stereocenters. The largest absolute Gasteiger partial charge is 0.484 e. The number of carbonyl (C=O) groups is 1. The molecular formula is C25H31N5O3. The van der Waals surface area contributed by atoms with Gasteiger partial charge in [-0.3, -0.25) is 14.8 Å². The topological polar surface area (TPSA) is 82.7 Å². The fraction of sp³-hybridized carbons (Fsp3) is 0.440. The van der Waals surface area contributed by atoms with Crippen LogP contribution in [0, 0.1) is 0 Å². The number of amides is 1. The van der Waals surface area contributed by atoms with Crippen molar-refractivity contribution < 1.29 is 14.3 Å². The minimum atomic E-state index is 0.0160. The Bertz CT molecular complexity index is 1080. The lowest BCUT2D eigenvalue weighted by atomic mass is 10.0. The third-order valence-electron chi connectivity index (χ3n) is 6.35. The molecule has 5 rings (SSSR count). The molecule has 1 amide bonds. The van der Waals surface area contributed by atoms with Gasteiger partial charge in [0, 0.05) is 43.3 Å². The molecule has 2 saturated heterocycles. The summed E-state index contributed by atoms with van der Waals surface area (Å²) in [5.74, 6) is 0.761. The average molecular weight is 450 g/mol. The summed E-state index contributed by atoms with van der Waals surface area (Å²) >= 11 is 0. The summed E-state index contributed by atoms with van der Waals surface area (Å²) in [7, 11) is 0. The number of aromatic amines is 1. The minimum absolute atomic E-state index is 0.0160. The number of likely N-dealkylation sites (tertiary alicyclic amines) is 1. The Morgan fingerprint density at radius 1 is 1.18 bits per heavy atom. The number of nitrogens with zero attached hydrogens (tertiary/aromatic N) is 3. The van der Waals surface area contributed by atoms with Crippen LogP contribution in [-0.4, -0.2) is 77.9 Å². The third-order valence-corrected chi connectivity index (χ3v) is 6.35. The number of aromatic nitrogens is 2. The fourth-order valence-electron chi connectivity index (χ4n) is 4.63. The fourth-order valence-corrected chi connectivity index (χ4v) is 4.63. The molecule has 33 heavy (non-hydrogen) atoms. The molecule has 0 bridgehead atoms. The predicted octanol–water partition coefficient (Wildman–Crippen LogP) is 2.88. The molecule has 0 saturated carbocycles. The van der Waals surface area contributed by atoms with Crippen molar-refractivity contribution in [1.29, 1.82) is 0 Å². The maximum atomic E-state index is 12.3. The van der Waals surface area contributed by atoms with Crippen LogP contribution in [0.15, 0.2) is 48.7 Å². The first-order chi connectivity index (χ1) is 16.2. The molecule has 174 valence electrons. The van der Waals surface area contributed by atoms with Gasteiger partial charge in [0.25, 0.3) is 5.91 Å². The quantitative estimate of drug-likeness (QED) is 0.577. The zero-order valence-corrected chi connectivity index (χ0v) is 18.8. The monoisotopic (exact) mass is 449 g/mol. The van der Waals surface area contributed by atoms with Gasteiger partial charge >= 0.3 is 0 Å². The predicted molar refractivity (Wildman–Crippen MR) is 127 cm³/mol. The number of nitrogens with one attached hydrogen (secondary N) is 2. The number of anilines is 1. The van der Waals surface area contributed by atoms with Crippen LogP contribution in [0.4, 0.5) is 5.69 Å². The zero-order chi connectivity index (χ0) is 22.5. The van der Waals surface area contributed by atoms with Crippen LogP contribution in [0.25, 0.3) is 10.9 Å². The maximum absolute atomic E-state index is 12.3. The van der Waals surface area contributed by atoms with Crippen molar-refractivity contribution in [3.63, 3.8) is 0 Å². The molecular weight excluding hydrogens is 418 g/mol. The lowest BCUT2D eigenvalue weighted by Gasteiger charge is -2.33. The number of morpholine rings is 1. The van der Waals surface area contributed by atoms with Crippen LogP contribution in [0.2, 0.25) is 0 Å². The van der Waals surface area contributed by atoms with Crippen molar-refractivity contribution in [3.8, 4) is 5.75 Å². The standard InChI is InChI=1S/C25H31N5O3/c31-25(30-9-11-32-12-10-30)18-33-23-5-1-3-19(13-23)16-29-8-2-4-22(17-29)27-21-6-7-24-20(14-21)15-26-28-24/h1,3,5-7,13-15,22,27H,2,4,8-12,16-18H2,(H,26,28)/t22-/m1/s1. The molecule has 3 aromatic rings. The highest BCUT2D eigenvalue weighted by molar-refractivity contribution is 5.81. The van der Waals surface area contributed by atoms with Crippen molar-refractivity contribution in [1.82, 2.24) is 20.0 Å². The van der Waals surface area contributed by atoms with E-state index in [2.05, 4.69) is 50.7 Å². The number of fused-ring (bicyclic) bond motifs is 1. The molecule has 1 aromatic heterocycles. The third kappa shape index (κ3) is 5.64. The van der Waals surface area contributed by atoms with E-state index >= 15 is 0 Å². The molecule has 2 N–H and O–H groups in total. The van der Waals surface area contributed by atoms with Gasteiger partial charge in [-0.25, -0.2) is 0 Å². The number of piperidine rings is 1. The summed E-state index contributed by atoms with van der Waals surface area (Å²) in [5, 5.41) is 11.9. The summed E-state index contributed by atoms with van der Waals surface area (Å²) in [6, 6.07) is 14.8. The van der Waals surface area contributed by atoms with E-state index in [9.17, 15) is 4.79 Å². The Morgan fingerprint density at radius 2 is 2.09 bits per heavy atom. The van der Waals surface area contributed by atoms with Gasteiger partial charge in [-0.05, 0) is 55.3 Å². The van der Waals surface area contributed by atoms with E-state index in [1.165, 1.54) is 5.56 Å². The van der Waals surface area contributed by atoms with Crippen molar-refractivity contribution >= 4 is 22.5 Å². The molecule has 3 heterocycles. The van der Waals surface area contributed by atoms with Crippen LogP contribution in [-0.2, 0) is 16.1 Å². The van der Waals surface area contributed by atoms with Crippen LogP contribution < -0.4 is 10.1 Å². The second-order valence-corrected chi connectivity index (χ2v) is 8.82. The number of ether oxygens (including phenoxy) is 2. The van der Waals surface area contributed by atoms with Crippen molar-refractivity contribution in [2.24, 2.45) is 0 Å². The van der Waals surface area contributed by atoms with E-state index in [-0.39, 0.29) is 12.5 Å². The Balaban J connectivity index is 1.14. The Morgan fingerprint density at radius 3 is 3.00 bits per heavy atom. The van der Waals surface area contributed by atoms with Crippen LogP contribution >= 0.6 is 0 Å². The Kier molecular flexibility index (Phi) is 6.73. The van der Waals surface area contributed by atoms with Gasteiger partial charge in [0.1, 0.15) is 5.75 Å². The molecule has 2 fully saturated rings. The Labute approximate surface area is 193 Å². The second kappa shape index (κ2) is 10.2. The van der Waals surface area contributed by atoms with E-state index in [1.54, 1.807) is 4.90 Å². The molecule has 2 aromatic carbocycles. The molecule has 2 aliphatic rings. The highest BCUT2D eigenvalue weighted by Gasteiger charge is 2.21.